The Morgan fingerprint density at radius 3 is 2.27 bits per heavy atom. The van der Waals surface area contributed by atoms with Gasteiger partial charge in [0, 0.05) is 5.54 Å². The number of likely N-dealkylation sites (tertiary alicyclic amines) is 1. The number of hydrogen-bond donors (Lipinski definition) is 1. The lowest BCUT2D eigenvalue weighted by atomic mass is 9.79. The van der Waals surface area contributed by atoms with Crippen LogP contribution in [0.4, 0.5) is 0 Å². The Morgan fingerprint density at radius 1 is 1.13 bits per heavy atom. The third kappa shape index (κ3) is 2.36. The summed E-state index contributed by atoms with van der Waals surface area (Å²) in [7, 11) is 0. The summed E-state index contributed by atoms with van der Waals surface area (Å²) < 4.78 is 0. The van der Waals surface area contributed by atoms with Gasteiger partial charge >= 0.3 is 0 Å². The van der Waals surface area contributed by atoms with Gasteiger partial charge in [0.25, 0.3) is 0 Å². The van der Waals surface area contributed by atoms with Crippen LogP contribution in [0, 0.1) is 5.92 Å². The van der Waals surface area contributed by atoms with Crippen LogP contribution in [0.1, 0.15) is 51.9 Å². The largest absolute Gasteiger partial charge is 0.394 e. The van der Waals surface area contributed by atoms with E-state index in [1.54, 1.807) is 0 Å². The molecule has 0 aromatic heterocycles. The Balaban J connectivity index is 1.98. The molecule has 15 heavy (non-hydrogen) atoms. The Morgan fingerprint density at radius 2 is 1.73 bits per heavy atom. The van der Waals surface area contributed by atoms with Gasteiger partial charge in [0.15, 0.2) is 0 Å². The van der Waals surface area contributed by atoms with Crippen molar-refractivity contribution < 1.29 is 5.11 Å². The molecule has 0 bridgehead atoms. The lowest BCUT2D eigenvalue weighted by Gasteiger charge is -2.48. The maximum absolute atomic E-state index is 9.72. The highest BCUT2D eigenvalue weighted by molar-refractivity contribution is 4.94. The van der Waals surface area contributed by atoms with Crippen molar-refractivity contribution in [1.29, 1.82) is 0 Å². The van der Waals surface area contributed by atoms with Crippen LogP contribution in [0.25, 0.3) is 0 Å². The predicted molar refractivity (Wildman–Crippen MR) is 62.9 cm³/mol. The fourth-order valence-corrected chi connectivity index (χ4v) is 3.27. The number of nitrogens with zero attached hydrogens (tertiary/aromatic N) is 1. The molecule has 88 valence electrons. The Kier molecular flexibility index (Phi) is 3.68. The zero-order chi connectivity index (χ0) is 10.7. The first-order valence-electron chi connectivity index (χ1n) is 6.63. The fourth-order valence-electron chi connectivity index (χ4n) is 3.27. The van der Waals surface area contributed by atoms with Gasteiger partial charge in [-0.25, -0.2) is 0 Å². The highest BCUT2D eigenvalue weighted by Gasteiger charge is 2.38. The molecule has 2 nitrogen and oxygen atoms in total. The second-order valence-electron chi connectivity index (χ2n) is 5.61. The normalized spacial score (nSPS) is 29.2. The monoisotopic (exact) mass is 211 g/mol. The van der Waals surface area contributed by atoms with Crippen molar-refractivity contribution in [3.8, 4) is 0 Å². The highest BCUT2D eigenvalue weighted by atomic mass is 16.3. The highest BCUT2D eigenvalue weighted by Crippen LogP contribution is 2.35. The molecule has 2 rings (SSSR count). The van der Waals surface area contributed by atoms with E-state index in [0.717, 1.165) is 5.92 Å². The molecule has 0 aromatic carbocycles. The molecular weight excluding hydrogens is 186 g/mol. The quantitative estimate of drug-likeness (QED) is 0.758. The van der Waals surface area contributed by atoms with Gasteiger partial charge in [-0.15, -0.1) is 0 Å². The molecule has 1 saturated heterocycles. The van der Waals surface area contributed by atoms with Crippen molar-refractivity contribution in [1.82, 2.24) is 4.90 Å². The Hall–Kier alpha value is -0.0800. The third-order valence-corrected chi connectivity index (χ3v) is 4.53. The van der Waals surface area contributed by atoms with Crippen molar-refractivity contribution in [2.24, 2.45) is 5.92 Å². The van der Waals surface area contributed by atoms with Crippen molar-refractivity contribution in [3.05, 3.63) is 0 Å². The minimum Gasteiger partial charge on any atom is -0.394 e. The number of rotatable bonds is 2. The van der Waals surface area contributed by atoms with Gasteiger partial charge in [0.05, 0.1) is 6.61 Å². The molecule has 0 spiro atoms. The van der Waals surface area contributed by atoms with Crippen molar-refractivity contribution in [2.75, 3.05) is 19.7 Å². The summed E-state index contributed by atoms with van der Waals surface area (Å²) in [5, 5.41) is 9.72. The van der Waals surface area contributed by atoms with E-state index in [4.69, 9.17) is 0 Å². The van der Waals surface area contributed by atoms with E-state index < -0.39 is 0 Å². The summed E-state index contributed by atoms with van der Waals surface area (Å²) in [6, 6.07) is 0. The van der Waals surface area contributed by atoms with Crippen LogP contribution < -0.4 is 0 Å². The summed E-state index contributed by atoms with van der Waals surface area (Å²) in [6.45, 7) is 5.15. The molecule has 0 unspecified atom stereocenters. The van der Waals surface area contributed by atoms with Crippen molar-refractivity contribution in [2.45, 2.75) is 57.4 Å². The summed E-state index contributed by atoms with van der Waals surface area (Å²) in [5.74, 6) is 0.889. The maximum atomic E-state index is 9.72. The predicted octanol–water partition coefficient (Wildman–Crippen LogP) is 2.41. The first-order chi connectivity index (χ1) is 7.27. The summed E-state index contributed by atoms with van der Waals surface area (Å²) >= 11 is 0. The van der Waals surface area contributed by atoms with E-state index >= 15 is 0 Å². The molecule has 2 aliphatic rings. The molecular formula is C13H25NO. The molecule has 1 N–H and O–H groups in total. The molecule has 1 saturated carbocycles. The van der Waals surface area contributed by atoms with E-state index in [1.165, 1.54) is 58.0 Å². The summed E-state index contributed by atoms with van der Waals surface area (Å²) in [6.07, 6.45) is 9.07. The van der Waals surface area contributed by atoms with Crippen LogP contribution >= 0.6 is 0 Å². The van der Waals surface area contributed by atoms with Crippen LogP contribution in [-0.2, 0) is 0 Å². The van der Waals surface area contributed by atoms with E-state index in [-0.39, 0.29) is 5.54 Å². The van der Waals surface area contributed by atoms with Crippen molar-refractivity contribution >= 4 is 0 Å². The van der Waals surface area contributed by atoms with E-state index in [2.05, 4.69) is 11.8 Å². The van der Waals surface area contributed by atoms with E-state index in [9.17, 15) is 5.11 Å². The first kappa shape index (κ1) is 11.4. The van der Waals surface area contributed by atoms with Crippen LogP contribution in [0.5, 0.6) is 0 Å². The number of aliphatic hydroxyl groups is 1. The smallest absolute Gasteiger partial charge is 0.0615 e. The SMILES string of the molecule is CC1CCN(C2(CO)CCCCC2)CC1. The number of hydrogen-bond acceptors (Lipinski definition) is 2. The van der Waals surface area contributed by atoms with Gasteiger partial charge in [-0.2, -0.15) is 0 Å². The molecule has 0 amide bonds. The zero-order valence-electron chi connectivity index (χ0n) is 10.0. The Bertz CT molecular complexity index is 191. The lowest BCUT2D eigenvalue weighted by molar-refractivity contribution is -0.0177. The molecule has 0 atom stereocenters. The van der Waals surface area contributed by atoms with Gasteiger partial charge in [-0.3, -0.25) is 4.90 Å². The average Bonchev–Trinajstić information content (AvgIpc) is 2.31. The standard InChI is InChI=1S/C13H25NO/c1-12-5-9-14(10-6-12)13(11-15)7-3-2-4-8-13/h12,15H,2-11H2,1H3. The molecule has 0 radical (unpaired) electrons. The van der Waals surface area contributed by atoms with Gasteiger partial charge in [-0.05, 0) is 44.7 Å². The second kappa shape index (κ2) is 4.84. The molecule has 1 heterocycles. The molecule has 2 fully saturated rings. The van der Waals surface area contributed by atoms with Crippen molar-refractivity contribution in [3.63, 3.8) is 0 Å². The molecule has 0 aromatic rings. The minimum absolute atomic E-state index is 0.165. The fraction of sp³-hybridized carbons (Fsp3) is 1.00. The summed E-state index contributed by atoms with van der Waals surface area (Å²) in [5.41, 5.74) is 0.165. The number of aliphatic hydroxyl groups excluding tert-OH is 1. The lowest BCUT2D eigenvalue weighted by Crippen LogP contribution is -2.55. The van der Waals surface area contributed by atoms with Crippen LogP contribution in [0.3, 0.4) is 0 Å². The van der Waals surface area contributed by atoms with Crippen LogP contribution in [0.15, 0.2) is 0 Å². The van der Waals surface area contributed by atoms with Gasteiger partial charge < -0.3 is 5.11 Å². The third-order valence-electron chi connectivity index (χ3n) is 4.53. The van der Waals surface area contributed by atoms with E-state index in [0.29, 0.717) is 6.61 Å². The number of piperidine rings is 1. The van der Waals surface area contributed by atoms with E-state index in [1.807, 2.05) is 0 Å². The van der Waals surface area contributed by atoms with Gasteiger partial charge in [0.1, 0.15) is 0 Å². The minimum atomic E-state index is 0.165. The zero-order valence-corrected chi connectivity index (χ0v) is 10.0. The first-order valence-corrected chi connectivity index (χ1v) is 6.63. The van der Waals surface area contributed by atoms with Gasteiger partial charge in [0.2, 0.25) is 0 Å². The molecule has 1 aliphatic carbocycles. The topological polar surface area (TPSA) is 23.5 Å². The average molecular weight is 211 g/mol. The second-order valence-corrected chi connectivity index (χ2v) is 5.61. The Labute approximate surface area is 93.7 Å². The summed E-state index contributed by atoms with van der Waals surface area (Å²) in [4.78, 5) is 2.59. The molecule has 1 aliphatic heterocycles. The molecule has 2 heteroatoms. The van der Waals surface area contributed by atoms with Crippen LogP contribution in [-0.4, -0.2) is 35.2 Å². The van der Waals surface area contributed by atoms with Gasteiger partial charge in [-0.1, -0.05) is 26.2 Å². The maximum Gasteiger partial charge on any atom is 0.0615 e. The van der Waals surface area contributed by atoms with Crippen LogP contribution in [0.2, 0.25) is 0 Å².